The van der Waals surface area contributed by atoms with Crippen molar-refractivity contribution in [2.75, 3.05) is 12.3 Å². The van der Waals surface area contributed by atoms with Crippen LogP contribution in [0.2, 0.25) is 0 Å². The van der Waals surface area contributed by atoms with E-state index >= 15 is 0 Å². The predicted molar refractivity (Wildman–Crippen MR) is 94.2 cm³/mol. The van der Waals surface area contributed by atoms with Crippen LogP contribution < -0.4 is 5.73 Å². The first-order valence-corrected chi connectivity index (χ1v) is 7.75. The van der Waals surface area contributed by atoms with Crippen molar-refractivity contribution in [1.29, 1.82) is 0 Å². The molecule has 4 aromatic rings. The highest BCUT2D eigenvalue weighted by Gasteiger charge is 2.21. The highest BCUT2D eigenvalue weighted by Crippen LogP contribution is 2.35. The van der Waals surface area contributed by atoms with Crippen molar-refractivity contribution < 1.29 is 5.11 Å². The Bertz CT molecular complexity index is 954. The van der Waals surface area contributed by atoms with Gasteiger partial charge in [-0.15, -0.1) is 0 Å². The Balaban J connectivity index is 1.95. The van der Waals surface area contributed by atoms with E-state index in [0.29, 0.717) is 18.2 Å². The number of para-hydroxylation sites is 2. The van der Waals surface area contributed by atoms with Crippen molar-refractivity contribution in [1.82, 2.24) is 19.7 Å². The van der Waals surface area contributed by atoms with Gasteiger partial charge in [-0.25, -0.2) is 9.67 Å². The van der Waals surface area contributed by atoms with Gasteiger partial charge in [-0.3, -0.25) is 0 Å². The molecule has 0 amide bonds. The number of nitrogens with zero attached hydrogens (tertiary/aromatic N) is 3. The Hall–Kier alpha value is -3.12. The predicted octanol–water partition coefficient (Wildman–Crippen LogP) is 2.67. The summed E-state index contributed by atoms with van der Waals surface area (Å²) >= 11 is 0. The topological polar surface area (TPSA) is 92.8 Å². The minimum absolute atomic E-state index is 0.0281. The van der Waals surface area contributed by atoms with E-state index in [1.807, 2.05) is 54.6 Å². The molecule has 0 spiro atoms. The number of nitrogens with two attached hydrogens (primary N) is 1. The Kier molecular flexibility index (Phi) is 3.51. The normalized spacial score (nSPS) is 11.2. The number of benzene rings is 2. The molecule has 0 atom stereocenters. The maximum atomic E-state index is 9.26. The van der Waals surface area contributed by atoms with Crippen molar-refractivity contribution in [3.63, 3.8) is 0 Å². The number of fused-ring (bicyclic) bond motifs is 1. The number of aliphatic hydroxyl groups excluding tert-OH is 1. The number of anilines is 1. The van der Waals surface area contributed by atoms with E-state index in [-0.39, 0.29) is 6.61 Å². The SMILES string of the molecule is Nc1c(-c2nc3ccccc3[nH]2)c(-c2ccccc2)nn1CCO. The van der Waals surface area contributed by atoms with E-state index in [2.05, 4.69) is 15.1 Å². The number of nitrogen functional groups attached to an aromatic ring is 1. The highest BCUT2D eigenvalue weighted by atomic mass is 16.3. The van der Waals surface area contributed by atoms with E-state index in [0.717, 1.165) is 27.9 Å². The summed E-state index contributed by atoms with van der Waals surface area (Å²) < 4.78 is 1.62. The zero-order valence-electron chi connectivity index (χ0n) is 13.0. The van der Waals surface area contributed by atoms with Crippen LogP contribution in [-0.2, 0) is 6.54 Å². The molecule has 0 unspecified atom stereocenters. The molecule has 120 valence electrons. The molecule has 0 aliphatic carbocycles. The number of aromatic nitrogens is 4. The molecule has 0 aliphatic rings. The average Bonchev–Trinajstić information content (AvgIpc) is 3.17. The molecular weight excluding hydrogens is 302 g/mol. The summed E-state index contributed by atoms with van der Waals surface area (Å²) in [5, 5.41) is 13.8. The fourth-order valence-electron chi connectivity index (χ4n) is 2.84. The van der Waals surface area contributed by atoms with Gasteiger partial charge in [0.1, 0.15) is 17.3 Å². The van der Waals surface area contributed by atoms with Crippen LogP contribution in [-0.4, -0.2) is 31.5 Å². The lowest BCUT2D eigenvalue weighted by molar-refractivity contribution is 0.270. The molecule has 4 rings (SSSR count). The number of rotatable bonds is 4. The van der Waals surface area contributed by atoms with Gasteiger partial charge in [0.25, 0.3) is 0 Å². The quantitative estimate of drug-likeness (QED) is 0.539. The molecule has 0 aliphatic heterocycles. The smallest absolute Gasteiger partial charge is 0.144 e. The standard InChI is InChI=1S/C18H17N5O/c19-17-15(18-20-13-8-4-5-9-14(13)21-18)16(22-23(17)10-11-24)12-6-2-1-3-7-12/h1-9,24H,10-11,19H2,(H,20,21). The number of hydrogen-bond acceptors (Lipinski definition) is 4. The van der Waals surface area contributed by atoms with Crippen LogP contribution in [0.4, 0.5) is 5.82 Å². The molecule has 4 N–H and O–H groups in total. The fraction of sp³-hybridized carbons (Fsp3) is 0.111. The summed E-state index contributed by atoms with van der Waals surface area (Å²) in [6.07, 6.45) is 0. The van der Waals surface area contributed by atoms with Gasteiger partial charge >= 0.3 is 0 Å². The summed E-state index contributed by atoms with van der Waals surface area (Å²) in [6.45, 7) is 0.311. The Morgan fingerprint density at radius 1 is 1.04 bits per heavy atom. The van der Waals surface area contributed by atoms with Crippen molar-refractivity contribution in [2.24, 2.45) is 0 Å². The van der Waals surface area contributed by atoms with Crippen LogP contribution in [0.1, 0.15) is 0 Å². The van der Waals surface area contributed by atoms with Crippen molar-refractivity contribution in [2.45, 2.75) is 6.54 Å². The van der Waals surface area contributed by atoms with Crippen LogP contribution in [0.5, 0.6) is 0 Å². The number of aromatic amines is 1. The molecule has 0 saturated heterocycles. The summed E-state index contributed by atoms with van der Waals surface area (Å²) in [5.74, 6) is 1.17. The number of aliphatic hydroxyl groups is 1. The third kappa shape index (κ3) is 2.33. The third-order valence-electron chi connectivity index (χ3n) is 3.98. The maximum absolute atomic E-state index is 9.26. The van der Waals surface area contributed by atoms with Crippen LogP contribution in [0.3, 0.4) is 0 Å². The molecule has 2 aromatic heterocycles. The van der Waals surface area contributed by atoms with Crippen LogP contribution in [0, 0.1) is 0 Å². The lowest BCUT2D eigenvalue weighted by Gasteiger charge is -2.01. The number of imidazole rings is 1. The van der Waals surface area contributed by atoms with E-state index in [1.165, 1.54) is 0 Å². The van der Waals surface area contributed by atoms with Crippen LogP contribution >= 0.6 is 0 Å². The summed E-state index contributed by atoms with van der Waals surface area (Å²) in [7, 11) is 0. The first kappa shape index (κ1) is 14.5. The molecule has 0 saturated carbocycles. The second-order valence-electron chi connectivity index (χ2n) is 5.52. The van der Waals surface area contributed by atoms with Gasteiger partial charge in [0.15, 0.2) is 0 Å². The number of nitrogens with one attached hydrogen (secondary N) is 1. The van der Waals surface area contributed by atoms with Crippen LogP contribution in [0.25, 0.3) is 33.7 Å². The monoisotopic (exact) mass is 319 g/mol. The molecule has 24 heavy (non-hydrogen) atoms. The highest BCUT2D eigenvalue weighted by molar-refractivity contribution is 5.89. The van der Waals surface area contributed by atoms with Gasteiger partial charge in [-0.1, -0.05) is 42.5 Å². The molecular formula is C18H17N5O. The Morgan fingerprint density at radius 3 is 2.54 bits per heavy atom. The van der Waals surface area contributed by atoms with Crippen LogP contribution in [0.15, 0.2) is 54.6 Å². The summed E-state index contributed by atoms with van der Waals surface area (Å²) in [5.41, 5.74) is 10.6. The molecule has 0 fully saturated rings. The molecule has 2 heterocycles. The number of H-pyrrole nitrogens is 1. The van der Waals surface area contributed by atoms with Gasteiger partial charge in [-0.2, -0.15) is 5.10 Å². The first-order valence-electron chi connectivity index (χ1n) is 7.75. The molecule has 0 bridgehead atoms. The largest absolute Gasteiger partial charge is 0.394 e. The van der Waals surface area contributed by atoms with Crippen molar-refractivity contribution in [3.05, 3.63) is 54.6 Å². The van der Waals surface area contributed by atoms with Crippen molar-refractivity contribution >= 4 is 16.9 Å². The third-order valence-corrected chi connectivity index (χ3v) is 3.98. The second-order valence-corrected chi connectivity index (χ2v) is 5.52. The van der Waals surface area contributed by atoms with Gasteiger partial charge in [0.2, 0.25) is 0 Å². The summed E-state index contributed by atoms with van der Waals surface area (Å²) in [6, 6.07) is 17.7. The van der Waals surface area contributed by atoms with E-state index < -0.39 is 0 Å². The minimum atomic E-state index is -0.0281. The number of hydrogen-bond donors (Lipinski definition) is 3. The molecule has 0 radical (unpaired) electrons. The lowest BCUT2D eigenvalue weighted by Crippen LogP contribution is -2.07. The Morgan fingerprint density at radius 2 is 1.79 bits per heavy atom. The maximum Gasteiger partial charge on any atom is 0.144 e. The van der Waals surface area contributed by atoms with E-state index in [1.54, 1.807) is 4.68 Å². The van der Waals surface area contributed by atoms with Crippen molar-refractivity contribution in [3.8, 4) is 22.6 Å². The minimum Gasteiger partial charge on any atom is -0.394 e. The lowest BCUT2D eigenvalue weighted by atomic mass is 10.1. The molecule has 6 nitrogen and oxygen atoms in total. The van der Waals surface area contributed by atoms with Gasteiger partial charge < -0.3 is 15.8 Å². The fourth-order valence-corrected chi connectivity index (χ4v) is 2.84. The first-order chi connectivity index (χ1) is 11.8. The second kappa shape index (κ2) is 5.82. The molecule has 2 aromatic carbocycles. The average molecular weight is 319 g/mol. The zero-order chi connectivity index (χ0) is 16.5. The Labute approximate surface area is 138 Å². The van der Waals surface area contributed by atoms with E-state index in [9.17, 15) is 5.11 Å². The van der Waals surface area contributed by atoms with E-state index in [4.69, 9.17) is 5.73 Å². The van der Waals surface area contributed by atoms with Gasteiger partial charge in [0, 0.05) is 5.56 Å². The molecule has 6 heteroatoms. The summed E-state index contributed by atoms with van der Waals surface area (Å²) in [4.78, 5) is 7.96. The van der Waals surface area contributed by atoms with Gasteiger partial charge in [0.05, 0.1) is 29.7 Å². The van der Waals surface area contributed by atoms with Gasteiger partial charge in [-0.05, 0) is 12.1 Å². The zero-order valence-corrected chi connectivity index (χ0v) is 13.0.